The number of carbonyl (C=O) groups excluding carboxylic acids is 1. The van der Waals surface area contributed by atoms with Crippen LogP contribution in [0.3, 0.4) is 0 Å². The Balaban J connectivity index is 1.97. The first kappa shape index (κ1) is 20.2. The van der Waals surface area contributed by atoms with E-state index in [1.807, 2.05) is 19.0 Å². The topological polar surface area (TPSA) is 42.0 Å². The molecule has 2 aliphatic rings. The zero-order chi connectivity index (χ0) is 18.9. The molecule has 1 fully saturated rings. The molecule has 0 N–H and O–H groups in total. The smallest absolute Gasteiger partial charge is 0.187 e. The number of ether oxygens (including phenoxy) is 2. The molecule has 142 valence electrons. The number of fused-ring (bicyclic) bond motifs is 1. The van der Waals surface area contributed by atoms with Crippen molar-refractivity contribution in [2.45, 2.75) is 4.75 Å². The highest BCUT2D eigenvalue weighted by molar-refractivity contribution is 8.24. The van der Waals surface area contributed by atoms with Crippen molar-refractivity contribution in [1.29, 1.82) is 0 Å². The van der Waals surface area contributed by atoms with Gasteiger partial charge in [-0.1, -0.05) is 47.2 Å². The highest BCUT2D eigenvalue weighted by Crippen LogP contribution is 2.43. The third-order valence-electron chi connectivity index (χ3n) is 4.35. The third-order valence-corrected chi connectivity index (χ3v) is 6.82. The number of morpholine rings is 1. The van der Waals surface area contributed by atoms with E-state index >= 15 is 0 Å². The summed E-state index contributed by atoms with van der Waals surface area (Å²) in [4.78, 5) is 17.6. The van der Waals surface area contributed by atoms with Crippen molar-refractivity contribution >= 4 is 57.3 Å². The molecule has 1 aromatic carbocycles. The molecule has 0 aliphatic carbocycles. The fraction of sp³-hybridized carbons (Fsp3) is 0.529. The van der Waals surface area contributed by atoms with Crippen LogP contribution in [0.1, 0.15) is 10.4 Å². The minimum atomic E-state index is -0.848. The molecule has 26 heavy (non-hydrogen) atoms. The van der Waals surface area contributed by atoms with Crippen molar-refractivity contribution in [1.82, 2.24) is 9.80 Å². The van der Waals surface area contributed by atoms with E-state index in [0.717, 1.165) is 13.1 Å². The molecule has 5 nitrogen and oxygen atoms in total. The van der Waals surface area contributed by atoms with Gasteiger partial charge in [0.25, 0.3) is 0 Å². The Hall–Kier alpha value is -0.570. The van der Waals surface area contributed by atoms with Crippen molar-refractivity contribution in [2.24, 2.45) is 0 Å². The van der Waals surface area contributed by atoms with Crippen LogP contribution in [0.15, 0.2) is 12.1 Å². The van der Waals surface area contributed by atoms with E-state index in [-0.39, 0.29) is 12.4 Å². The van der Waals surface area contributed by atoms with E-state index in [2.05, 4.69) is 4.90 Å². The molecular formula is C17H20Cl2N2O3S2. The molecular weight excluding hydrogens is 415 g/mol. The van der Waals surface area contributed by atoms with Crippen LogP contribution in [0.5, 0.6) is 5.75 Å². The van der Waals surface area contributed by atoms with Crippen LogP contribution >= 0.6 is 47.2 Å². The van der Waals surface area contributed by atoms with Gasteiger partial charge in [0.15, 0.2) is 5.78 Å². The van der Waals surface area contributed by atoms with E-state index in [1.165, 1.54) is 11.8 Å². The van der Waals surface area contributed by atoms with Crippen molar-refractivity contribution in [3.63, 3.8) is 0 Å². The number of hydrogen-bond donors (Lipinski definition) is 0. The van der Waals surface area contributed by atoms with Gasteiger partial charge in [-0.3, -0.25) is 9.69 Å². The summed E-state index contributed by atoms with van der Waals surface area (Å²) in [7, 11) is 3.74. The van der Waals surface area contributed by atoms with Crippen LogP contribution in [0.25, 0.3) is 0 Å². The van der Waals surface area contributed by atoms with Gasteiger partial charge in [-0.2, -0.15) is 0 Å². The second-order valence-electron chi connectivity index (χ2n) is 6.53. The van der Waals surface area contributed by atoms with Crippen LogP contribution in [-0.4, -0.2) is 78.2 Å². The lowest BCUT2D eigenvalue weighted by Gasteiger charge is -2.41. The lowest BCUT2D eigenvalue weighted by atomic mass is 9.93. The van der Waals surface area contributed by atoms with E-state index in [0.29, 0.717) is 45.4 Å². The largest absolute Gasteiger partial charge is 0.489 e. The summed E-state index contributed by atoms with van der Waals surface area (Å²) in [5, 5.41) is 0.758. The van der Waals surface area contributed by atoms with Gasteiger partial charge in [-0.05, 0) is 12.1 Å². The zero-order valence-electron chi connectivity index (χ0n) is 14.6. The molecule has 1 atom stereocenters. The average molecular weight is 435 g/mol. The quantitative estimate of drug-likeness (QED) is 0.676. The van der Waals surface area contributed by atoms with E-state index in [4.69, 9.17) is 44.9 Å². The van der Waals surface area contributed by atoms with Crippen molar-refractivity contribution in [2.75, 3.05) is 53.6 Å². The van der Waals surface area contributed by atoms with Crippen LogP contribution in [0, 0.1) is 0 Å². The van der Waals surface area contributed by atoms with Crippen molar-refractivity contribution in [3.05, 3.63) is 27.7 Å². The first-order chi connectivity index (χ1) is 12.3. The monoisotopic (exact) mass is 434 g/mol. The molecule has 2 heterocycles. The van der Waals surface area contributed by atoms with E-state index < -0.39 is 4.75 Å². The van der Waals surface area contributed by atoms with Crippen LogP contribution in [0.4, 0.5) is 0 Å². The zero-order valence-corrected chi connectivity index (χ0v) is 17.7. The molecule has 0 saturated carbocycles. The van der Waals surface area contributed by atoms with Gasteiger partial charge in [0.05, 0.1) is 23.8 Å². The van der Waals surface area contributed by atoms with Gasteiger partial charge in [-0.25, -0.2) is 0 Å². The van der Waals surface area contributed by atoms with E-state index in [9.17, 15) is 4.79 Å². The summed E-state index contributed by atoms with van der Waals surface area (Å²) in [6, 6.07) is 3.21. The summed E-state index contributed by atoms with van der Waals surface area (Å²) in [6.45, 7) is 3.58. The van der Waals surface area contributed by atoms with Gasteiger partial charge >= 0.3 is 0 Å². The number of carbonyl (C=O) groups is 1. The summed E-state index contributed by atoms with van der Waals surface area (Å²) in [5.74, 6) is 0.346. The van der Waals surface area contributed by atoms with Crippen molar-refractivity contribution in [3.8, 4) is 5.75 Å². The molecule has 2 aliphatic heterocycles. The highest BCUT2D eigenvalue weighted by Gasteiger charge is 2.48. The van der Waals surface area contributed by atoms with Gasteiger partial charge < -0.3 is 14.4 Å². The molecule has 0 bridgehead atoms. The van der Waals surface area contributed by atoms with Crippen molar-refractivity contribution < 1.29 is 14.3 Å². The molecule has 3 rings (SSSR count). The number of halogens is 2. The summed E-state index contributed by atoms with van der Waals surface area (Å²) < 4.78 is 11.2. The fourth-order valence-electron chi connectivity index (χ4n) is 2.98. The summed E-state index contributed by atoms with van der Waals surface area (Å²) in [6.07, 6.45) is 0. The normalized spacial score (nSPS) is 23.3. The Kier molecular flexibility index (Phi) is 6.37. The van der Waals surface area contributed by atoms with Gasteiger partial charge in [0, 0.05) is 38.8 Å². The molecule has 0 amide bonds. The molecule has 9 heteroatoms. The second kappa shape index (κ2) is 8.20. The maximum absolute atomic E-state index is 13.5. The van der Waals surface area contributed by atoms with Gasteiger partial charge in [0.1, 0.15) is 21.4 Å². The predicted octanol–water partition coefficient (Wildman–Crippen LogP) is 3.22. The number of thioether (sulfide) groups is 1. The summed E-state index contributed by atoms with van der Waals surface area (Å²) >= 11 is 19.2. The Labute approximate surface area is 172 Å². The highest BCUT2D eigenvalue weighted by atomic mass is 35.5. The number of thiocarbonyl (C=S) groups is 1. The third kappa shape index (κ3) is 4.13. The number of nitrogens with zero attached hydrogens (tertiary/aromatic N) is 2. The Morgan fingerprint density at radius 3 is 2.69 bits per heavy atom. The minimum Gasteiger partial charge on any atom is -0.489 e. The summed E-state index contributed by atoms with van der Waals surface area (Å²) in [5.41, 5.74) is 0.413. The van der Waals surface area contributed by atoms with Gasteiger partial charge in [0.2, 0.25) is 0 Å². The molecule has 1 saturated heterocycles. The Morgan fingerprint density at radius 1 is 1.35 bits per heavy atom. The second-order valence-corrected chi connectivity index (χ2v) is 9.39. The number of ketones is 1. The Bertz CT molecular complexity index is 726. The van der Waals surface area contributed by atoms with E-state index in [1.54, 1.807) is 12.1 Å². The molecule has 0 spiro atoms. The fourth-order valence-corrected chi connectivity index (χ4v) is 5.09. The maximum atomic E-state index is 13.5. The average Bonchev–Trinajstić information content (AvgIpc) is 2.59. The SMILES string of the molecule is CN(C)C(=S)S[C@@]1(CN2CCOCC2)COc2c(Cl)cc(Cl)cc2C1=O. The molecule has 1 aromatic rings. The maximum Gasteiger partial charge on any atom is 0.187 e. The van der Waals surface area contributed by atoms with Crippen LogP contribution in [-0.2, 0) is 4.74 Å². The first-order valence-corrected chi connectivity index (χ1v) is 10.2. The standard InChI is InChI=1S/C17H20Cl2N2O3S2/c1-20(2)16(25)26-17(9-21-3-5-23-6-4-21)10-24-14-12(15(17)22)7-11(18)8-13(14)19/h7-8H,3-6,9-10H2,1-2H3/t17-/m0/s1. The van der Waals surface area contributed by atoms with Crippen LogP contribution in [0.2, 0.25) is 10.0 Å². The lowest BCUT2D eigenvalue weighted by Crippen LogP contribution is -2.55. The van der Waals surface area contributed by atoms with Crippen LogP contribution < -0.4 is 4.74 Å². The minimum absolute atomic E-state index is 0.0520. The molecule has 0 aromatic heterocycles. The number of Topliss-reactive ketones (excluding diaryl/α,β-unsaturated/α-hetero) is 1. The molecule has 0 radical (unpaired) electrons. The predicted molar refractivity (Wildman–Crippen MR) is 110 cm³/mol. The number of benzene rings is 1. The molecule has 0 unspecified atom stereocenters. The van der Waals surface area contributed by atoms with Gasteiger partial charge in [-0.15, -0.1) is 0 Å². The Morgan fingerprint density at radius 2 is 2.04 bits per heavy atom. The number of rotatable bonds is 3. The number of hydrogen-bond acceptors (Lipinski definition) is 6. The lowest BCUT2D eigenvalue weighted by molar-refractivity contribution is 0.0288. The first-order valence-electron chi connectivity index (χ1n) is 8.19.